The first-order valence-corrected chi connectivity index (χ1v) is 7.56. The second kappa shape index (κ2) is 6.79. The van der Waals surface area contributed by atoms with Crippen LogP contribution in [0.25, 0.3) is 11.0 Å². The van der Waals surface area contributed by atoms with Crippen LogP contribution in [-0.4, -0.2) is 38.6 Å². The number of aliphatic hydroxyl groups is 1. The smallest absolute Gasteiger partial charge is 0.243 e. The van der Waals surface area contributed by atoms with Crippen molar-refractivity contribution < 1.29 is 9.90 Å². The highest BCUT2D eigenvalue weighted by Gasteiger charge is 2.26. The lowest BCUT2D eigenvalue weighted by Crippen LogP contribution is -2.35. The molecule has 0 spiro atoms. The van der Waals surface area contributed by atoms with Crippen LogP contribution in [-0.2, 0) is 16.9 Å². The van der Waals surface area contributed by atoms with E-state index in [0.717, 1.165) is 11.0 Å². The summed E-state index contributed by atoms with van der Waals surface area (Å²) in [5.74, 6) is 0.405. The summed E-state index contributed by atoms with van der Waals surface area (Å²) in [5.41, 5.74) is 0.452. The van der Waals surface area contributed by atoms with E-state index in [1.54, 1.807) is 35.5 Å². The van der Waals surface area contributed by atoms with Gasteiger partial charge in [-0.05, 0) is 26.0 Å². The first-order valence-electron chi connectivity index (χ1n) is 7.56. The highest BCUT2D eigenvalue weighted by Crippen LogP contribution is 2.24. The van der Waals surface area contributed by atoms with E-state index in [9.17, 15) is 9.90 Å². The third-order valence-electron chi connectivity index (χ3n) is 3.55. The van der Waals surface area contributed by atoms with Crippen LogP contribution in [0.4, 0.5) is 0 Å². The molecule has 23 heavy (non-hydrogen) atoms. The zero-order valence-electron chi connectivity index (χ0n) is 13.7. The minimum absolute atomic E-state index is 0.0709. The third-order valence-corrected chi connectivity index (χ3v) is 3.55. The predicted molar refractivity (Wildman–Crippen MR) is 92.0 cm³/mol. The molecular formula is C18H23N3O2. The number of para-hydroxylation sites is 2. The molecule has 5 heteroatoms. The van der Waals surface area contributed by atoms with Gasteiger partial charge in [-0.25, -0.2) is 4.98 Å². The molecular weight excluding hydrogens is 290 g/mol. The Kier molecular flexibility index (Phi) is 5.01. The minimum atomic E-state index is -1.14. The van der Waals surface area contributed by atoms with Gasteiger partial charge in [-0.15, -0.1) is 13.2 Å². The lowest BCUT2D eigenvalue weighted by atomic mass is 10.1. The van der Waals surface area contributed by atoms with Crippen LogP contribution in [0, 0.1) is 0 Å². The SMILES string of the molecule is C=CCN(CC=C)C(=O)Cn1c(C(C)(C)O)nc2ccccc21. The largest absolute Gasteiger partial charge is 0.383 e. The Hall–Kier alpha value is -2.40. The summed E-state index contributed by atoms with van der Waals surface area (Å²) < 4.78 is 1.77. The van der Waals surface area contributed by atoms with Gasteiger partial charge in [0.05, 0.1) is 11.0 Å². The molecule has 0 saturated carbocycles. The zero-order valence-corrected chi connectivity index (χ0v) is 13.7. The fraction of sp³-hybridized carbons (Fsp3) is 0.333. The van der Waals surface area contributed by atoms with E-state index in [0.29, 0.717) is 18.9 Å². The lowest BCUT2D eigenvalue weighted by Gasteiger charge is -2.23. The normalized spacial score (nSPS) is 11.4. The second-order valence-electron chi connectivity index (χ2n) is 5.95. The number of carbonyl (C=O) groups is 1. The number of carbonyl (C=O) groups excluding carboxylic acids is 1. The van der Waals surface area contributed by atoms with Crippen LogP contribution in [0.15, 0.2) is 49.6 Å². The van der Waals surface area contributed by atoms with E-state index in [1.807, 2.05) is 24.3 Å². The molecule has 0 aliphatic rings. The molecule has 2 rings (SSSR count). The Morgan fingerprint density at radius 2 is 1.91 bits per heavy atom. The summed E-state index contributed by atoms with van der Waals surface area (Å²) >= 11 is 0. The number of aromatic nitrogens is 2. The van der Waals surface area contributed by atoms with Gasteiger partial charge in [0.15, 0.2) is 0 Å². The molecule has 0 bridgehead atoms. The second-order valence-corrected chi connectivity index (χ2v) is 5.95. The highest BCUT2D eigenvalue weighted by molar-refractivity contribution is 5.81. The summed E-state index contributed by atoms with van der Waals surface area (Å²) in [6.07, 6.45) is 3.37. The maximum absolute atomic E-state index is 12.6. The van der Waals surface area contributed by atoms with E-state index >= 15 is 0 Å². The molecule has 0 aliphatic carbocycles. The zero-order chi connectivity index (χ0) is 17.0. The topological polar surface area (TPSA) is 58.4 Å². The van der Waals surface area contributed by atoms with Gasteiger partial charge < -0.3 is 14.6 Å². The summed E-state index contributed by atoms with van der Waals surface area (Å²) in [5, 5.41) is 10.4. The number of hydrogen-bond acceptors (Lipinski definition) is 3. The lowest BCUT2D eigenvalue weighted by molar-refractivity contribution is -0.130. The summed E-state index contributed by atoms with van der Waals surface area (Å²) in [4.78, 5) is 18.8. The van der Waals surface area contributed by atoms with Gasteiger partial charge in [-0.2, -0.15) is 0 Å². The molecule has 5 nitrogen and oxygen atoms in total. The number of amides is 1. The van der Waals surface area contributed by atoms with Crippen LogP contribution in [0.1, 0.15) is 19.7 Å². The van der Waals surface area contributed by atoms with Crippen LogP contribution in [0.3, 0.4) is 0 Å². The van der Waals surface area contributed by atoms with Gasteiger partial charge in [0.1, 0.15) is 18.0 Å². The molecule has 2 aromatic rings. The Labute approximate surface area is 136 Å². The van der Waals surface area contributed by atoms with E-state index in [1.165, 1.54) is 0 Å². The predicted octanol–water partition coefficient (Wildman–Crippen LogP) is 2.46. The number of nitrogens with zero attached hydrogens (tertiary/aromatic N) is 3. The van der Waals surface area contributed by atoms with Crippen molar-refractivity contribution in [2.45, 2.75) is 26.0 Å². The first-order chi connectivity index (χ1) is 10.9. The van der Waals surface area contributed by atoms with Gasteiger partial charge in [-0.1, -0.05) is 24.3 Å². The van der Waals surface area contributed by atoms with Crippen molar-refractivity contribution in [2.75, 3.05) is 13.1 Å². The number of fused-ring (bicyclic) bond motifs is 1. The van der Waals surface area contributed by atoms with Crippen molar-refractivity contribution in [3.8, 4) is 0 Å². The van der Waals surface area contributed by atoms with Crippen molar-refractivity contribution in [3.63, 3.8) is 0 Å². The Balaban J connectivity index is 2.43. The first kappa shape index (κ1) is 17.0. The number of imidazole rings is 1. The minimum Gasteiger partial charge on any atom is -0.383 e. The number of benzene rings is 1. The van der Waals surface area contributed by atoms with E-state index in [4.69, 9.17) is 0 Å². The van der Waals surface area contributed by atoms with Crippen LogP contribution >= 0.6 is 0 Å². The summed E-state index contributed by atoms with van der Waals surface area (Å²) in [6.45, 7) is 11.7. The molecule has 0 fully saturated rings. The fourth-order valence-corrected chi connectivity index (χ4v) is 2.53. The van der Waals surface area contributed by atoms with Crippen molar-refractivity contribution in [1.29, 1.82) is 0 Å². The standard InChI is InChI=1S/C18H23N3O2/c1-5-11-20(12-6-2)16(22)13-21-15-10-8-7-9-14(15)19-17(21)18(3,4)23/h5-10,23H,1-2,11-13H2,3-4H3. The molecule has 0 saturated heterocycles. The van der Waals surface area contributed by atoms with Crippen LogP contribution in [0.2, 0.25) is 0 Å². The molecule has 0 unspecified atom stereocenters. The molecule has 1 aromatic carbocycles. The Morgan fingerprint density at radius 1 is 1.30 bits per heavy atom. The van der Waals surface area contributed by atoms with Crippen molar-refractivity contribution in [2.24, 2.45) is 0 Å². The third kappa shape index (κ3) is 3.68. The summed E-state index contributed by atoms with van der Waals surface area (Å²) in [6, 6.07) is 7.55. The van der Waals surface area contributed by atoms with Gasteiger partial charge in [0.25, 0.3) is 0 Å². The number of hydrogen-bond donors (Lipinski definition) is 1. The van der Waals surface area contributed by atoms with Crippen molar-refractivity contribution in [1.82, 2.24) is 14.5 Å². The molecule has 1 aromatic heterocycles. The average molecular weight is 313 g/mol. The maximum atomic E-state index is 12.6. The molecule has 0 radical (unpaired) electrons. The van der Waals surface area contributed by atoms with Gasteiger partial charge >= 0.3 is 0 Å². The van der Waals surface area contributed by atoms with E-state index in [2.05, 4.69) is 18.1 Å². The molecule has 122 valence electrons. The van der Waals surface area contributed by atoms with Crippen molar-refractivity contribution in [3.05, 3.63) is 55.4 Å². The molecule has 0 atom stereocenters. The number of rotatable bonds is 7. The van der Waals surface area contributed by atoms with Crippen LogP contribution < -0.4 is 0 Å². The Morgan fingerprint density at radius 3 is 2.48 bits per heavy atom. The quantitative estimate of drug-likeness (QED) is 0.799. The van der Waals surface area contributed by atoms with Gasteiger partial charge in [-0.3, -0.25) is 4.79 Å². The average Bonchev–Trinajstić information content (AvgIpc) is 2.86. The van der Waals surface area contributed by atoms with E-state index < -0.39 is 5.60 Å². The van der Waals surface area contributed by atoms with Gasteiger partial charge in [0, 0.05) is 13.1 Å². The van der Waals surface area contributed by atoms with E-state index in [-0.39, 0.29) is 12.5 Å². The highest BCUT2D eigenvalue weighted by atomic mass is 16.3. The monoisotopic (exact) mass is 313 g/mol. The summed E-state index contributed by atoms with van der Waals surface area (Å²) in [7, 11) is 0. The Bertz CT molecular complexity index is 715. The maximum Gasteiger partial charge on any atom is 0.243 e. The molecule has 0 aliphatic heterocycles. The molecule has 1 heterocycles. The molecule has 1 N–H and O–H groups in total. The van der Waals surface area contributed by atoms with Gasteiger partial charge in [0.2, 0.25) is 5.91 Å². The van der Waals surface area contributed by atoms with Crippen LogP contribution in [0.5, 0.6) is 0 Å². The fourth-order valence-electron chi connectivity index (χ4n) is 2.53. The molecule has 1 amide bonds. The van der Waals surface area contributed by atoms with Crippen molar-refractivity contribution >= 4 is 16.9 Å².